The molecule has 6 nitrogen and oxygen atoms in total. The highest BCUT2D eigenvalue weighted by molar-refractivity contribution is 5.64. The first-order chi connectivity index (χ1) is 10.0. The fraction of sp³-hybridized carbons (Fsp3) is 0.533. The first-order valence-electron chi connectivity index (χ1n) is 7.06. The van der Waals surface area contributed by atoms with Crippen molar-refractivity contribution in [2.45, 2.75) is 33.1 Å². The molecule has 0 bridgehead atoms. The summed E-state index contributed by atoms with van der Waals surface area (Å²) in [4.78, 5) is 25.8. The number of hydrogen-bond acceptors (Lipinski definition) is 4. The average molecular weight is 292 g/mol. The van der Waals surface area contributed by atoms with Crippen LogP contribution in [-0.4, -0.2) is 35.6 Å². The zero-order chi connectivity index (χ0) is 15.4. The molecule has 0 saturated heterocycles. The van der Waals surface area contributed by atoms with Crippen molar-refractivity contribution in [3.63, 3.8) is 0 Å². The third kappa shape index (κ3) is 3.51. The van der Waals surface area contributed by atoms with Crippen molar-refractivity contribution >= 4 is 12.4 Å². The summed E-state index contributed by atoms with van der Waals surface area (Å²) >= 11 is 0. The van der Waals surface area contributed by atoms with Crippen molar-refractivity contribution in [2.24, 2.45) is 5.92 Å². The summed E-state index contributed by atoms with van der Waals surface area (Å²) in [5.41, 5.74) is 4.26. The molecular weight excluding hydrogens is 272 g/mol. The molecule has 2 N–H and O–H groups in total. The summed E-state index contributed by atoms with van der Waals surface area (Å²) in [6.45, 7) is 4.66. The number of rotatable bonds is 6. The number of aromatic nitrogens is 1. The maximum atomic E-state index is 11.0. The number of nitrogens with zero attached hydrogens (tertiary/aromatic N) is 1. The Labute approximate surface area is 123 Å². The Kier molecular flexibility index (Phi) is 4.77. The zero-order valence-electron chi connectivity index (χ0n) is 12.3. The van der Waals surface area contributed by atoms with Crippen molar-refractivity contribution in [1.82, 2.24) is 10.3 Å². The highest BCUT2D eigenvalue weighted by Crippen LogP contribution is 2.34. The lowest BCUT2D eigenvalue weighted by Gasteiger charge is -2.13. The number of pyridine rings is 1. The number of aldehydes is 1. The summed E-state index contributed by atoms with van der Waals surface area (Å²) < 4.78 is 5.66. The summed E-state index contributed by atoms with van der Waals surface area (Å²) in [6, 6.07) is 0. The SMILES string of the molecule is Cc1nc(OCCCNC(=O)O)c(C)c2c1CC(C=O)C2. The van der Waals surface area contributed by atoms with E-state index < -0.39 is 6.09 Å². The molecule has 1 amide bonds. The summed E-state index contributed by atoms with van der Waals surface area (Å²) in [7, 11) is 0. The van der Waals surface area contributed by atoms with Crippen LogP contribution in [-0.2, 0) is 17.6 Å². The molecule has 1 aliphatic rings. The second-order valence-corrected chi connectivity index (χ2v) is 5.32. The van der Waals surface area contributed by atoms with Gasteiger partial charge in [-0.05, 0) is 44.2 Å². The minimum atomic E-state index is -1.03. The van der Waals surface area contributed by atoms with E-state index in [9.17, 15) is 9.59 Å². The van der Waals surface area contributed by atoms with Gasteiger partial charge in [0, 0.05) is 23.7 Å². The third-order valence-electron chi connectivity index (χ3n) is 3.80. The van der Waals surface area contributed by atoms with Crippen molar-refractivity contribution < 1.29 is 19.4 Å². The maximum Gasteiger partial charge on any atom is 0.404 e. The van der Waals surface area contributed by atoms with E-state index in [0.29, 0.717) is 25.5 Å². The molecule has 1 heterocycles. The van der Waals surface area contributed by atoms with Crippen LogP contribution in [0.4, 0.5) is 4.79 Å². The lowest BCUT2D eigenvalue weighted by molar-refractivity contribution is -0.110. The van der Waals surface area contributed by atoms with Gasteiger partial charge in [-0.15, -0.1) is 0 Å². The molecule has 114 valence electrons. The molecule has 1 atom stereocenters. The number of amides is 1. The van der Waals surface area contributed by atoms with Gasteiger partial charge < -0.3 is 20.0 Å². The van der Waals surface area contributed by atoms with Gasteiger partial charge in [0.2, 0.25) is 5.88 Å². The molecule has 1 aliphatic carbocycles. The molecule has 0 aliphatic heterocycles. The number of aryl methyl sites for hydroxylation is 1. The number of carboxylic acid groups (broad SMARTS) is 1. The number of hydrogen-bond donors (Lipinski definition) is 2. The normalized spacial score (nSPS) is 16.4. The molecule has 0 saturated carbocycles. The first kappa shape index (κ1) is 15.3. The highest BCUT2D eigenvalue weighted by atomic mass is 16.5. The fourth-order valence-corrected chi connectivity index (χ4v) is 2.69. The Morgan fingerprint density at radius 3 is 2.81 bits per heavy atom. The van der Waals surface area contributed by atoms with E-state index in [1.807, 2.05) is 13.8 Å². The first-order valence-corrected chi connectivity index (χ1v) is 7.06. The van der Waals surface area contributed by atoms with Crippen molar-refractivity contribution in [1.29, 1.82) is 0 Å². The predicted molar refractivity (Wildman–Crippen MR) is 76.8 cm³/mol. The van der Waals surface area contributed by atoms with E-state index in [1.54, 1.807) is 0 Å². The lowest BCUT2D eigenvalue weighted by atomic mass is 10.0. The van der Waals surface area contributed by atoms with Crippen LogP contribution in [0, 0.1) is 19.8 Å². The zero-order valence-corrected chi connectivity index (χ0v) is 12.3. The van der Waals surface area contributed by atoms with E-state index in [-0.39, 0.29) is 5.92 Å². The average Bonchev–Trinajstić information content (AvgIpc) is 2.88. The summed E-state index contributed by atoms with van der Waals surface area (Å²) in [6.07, 6.45) is 2.08. The Bertz CT molecular complexity index is 557. The summed E-state index contributed by atoms with van der Waals surface area (Å²) in [5, 5.41) is 10.8. The van der Waals surface area contributed by atoms with Crippen LogP contribution in [0.5, 0.6) is 5.88 Å². The Hall–Kier alpha value is -2.11. The van der Waals surface area contributed by atoms with Crippen LogP contribution < -0.4 is 10.1 Å². The van der Waals surface area contributed by atoms with Gasteiger partial charge in [-0.2, -0.15) is 0 Å². The molecule has 0 fully saturated rings. The van der Waals surface area contributed by atoms with Crippen LogP contribution >= 0.6 is 0 Å². The number of ether oxygens (including phenoxy) is 1. The molecule has 1 aromatic heterocycles. The minimum absolute atomic E-state index is 0.0502. The van der Waals surface area contributed by atoms with Gasteiger partial charge in [0.1, 0.15) is 6.29 Å². The van der Waals surface area contributed by atoms with Gasteiger partial charge in [0.25, 0.3) is 0 Å². The highest BCUT2D eigenvalue weighted by Gasteiger charge is 2.26. The number of carbonyl (C=O) groups is 2. The smallest absolute Gasteiger partial charge is 0.404 e. The monoisotopic (exact) mass is 292 g/mol. The van der Waals surface area contributed by atoms with Crippen LogP contribution in [0.25, 0.3) is 0 Å². The Morgan fingerprint density at radius 1 is 1.43 bits per heavy atom. The summed E-state index contributed by atoms with van der Waals surface area (Å²) in [5.74, 6) is 0.641. The lowest BCUT2D eigenvalue weighted by Crippen LogP contribution is -2.23. The van der Waals surface area contributed by atoms with Crippen molar-refractivity contribution in [3.05, 3.63) is 22.4 Å². The van der Waals surface area contributed by atoms with E-state index in [0.717, 1.165) is 30.4 Å². The van der Waals surface area contributed by atoms with Gasteiger partial charge in [0.15, 0.2) is 0 Å². The van der Waals surface area contributed by atoms with Crippen LogP contribution in [0.15, 0.2) is 0 Å². The molecule has 6 heteroatoms. The van der Waals surface area contributed by atoms with E-state index >= 15 is 0 Å². The standard InChI is InChI=1S/C15H20N2O4/c1-9-12-6-11(8-18)7-13(12)10(2)17-14(9)21-5-3-4-16-15(19)20/h8,11,16H,3-7H2,1-2H3,(H,19,20). The van der Waals surface area contributed by atoms with Gasteiger partial charge in [-0.1, -0.05) is 0 Å². The van der Waals surface area contributed by atoms with Crippen LogP contribution in [0.2, 0.25) is 0 Å². The van der Waals surface area contributed by atoms with Crippen molar-refractivity contribution in [3.8, 4) is 5.88 Å². The molecule has 21 heavy (non-hydrogen) atoms. The van der Waals surface area contributed by atoms with Gasteiger partial charge in [-0.25, -0.2) is 9.78 Å². The third-order valence-corrected chi connectivity index (χ3v) is 3.80. The molecule has 2 rings (SSSR count). The van der Waals surface area contributed by atoms with Gasteiger partial charge in [-0.3, -0.25) is 0 Å². The van der Waals surface area contributed by atoms with Crippen LogP contribution in [0.3, 0.4) is 0 Å². The molecule has 0 radical (unpaired) electrons. The van der Waals surface area contributed by atoms with Gasteiger partial charge in [0.05, 0.1) is 6.61 Å². The van der Waals surface area contributed by atoms with E-state index in [4.69, 9.17) is 9.84 Å². The van der Waals surface area contributed by atoms with Crippen LogP contribution in [0.1, 0.15) is 28.8 Å². The second kappa shape index (κ2) is 6.56. The van der Waals surface area contributed by atoms with E-state index in [2.05, 4.69) is 10.3 Å². The number of nitrogens with one attached hydrogen (secondary N) is 1. The Morgan fingerprint density at radius 2 is 2.14 bits per heavy atom. The number of fused-ring (bicyclic) bond motifs is 1. The topological polar surface area (TPSA) is 88.5 Å². The largest absolute Gasteiger partial charge is 0.477 e. The fourth-order valence-electron chi connectivity index (χ4n) is 2.69. The molecule has 1 aromatic rings. The molecule has 0 spiro atoms. The van der Waals surface area contributed by atoms with Crippen molar-refractivity contribution in [2.75, 3.05) is 13.2 Å². The quantitative estimate of drug-likeness (QED) is 0.615. The molecular formula is C15H20N2O4. The maximum absolute atomic E-state index is 11.0. The van der Waals surface area contributed by atoms with E-state index in [1.165, 1.54) is 11.1 Å². The molecule has 0 aromatic carbocycles. The second-order valence-electron chi connectivity index (χ2n) is 5.32. The minimum Gasteiger partial charge on any atom is -0.477 e. The number of carbonyl (C=O) groups excluding carboxylic acids is 1. The predicted octanol–water partition coefficient (Wildman–Crippen LogP) is 1.65. The van der Waals surface area contributed by atoms with Gasteiger partial charge >= 0.3 is 6.09 Å². The molecule has 1 unspecified atom stereocenters. The Balaban J connectivity index is 2.00.